The fourth-order valence-corrected chi connectivity index (χ4v) is 11.1. The zero-order chi connectivity index (χ0) is 23.5. The van der Waals surface area contributed by atoms with Crippen LogP contribution in [0, 0.1) is 56.2 Å². The molecule has 0 aromatic rings. The maximum Gasteiger partial charge on any atom is 0.204 e. The molecule has 0 bridgehead atoms. The lowest BCUT2D eigenvalue weighted by Gasteiger charge is -2.73. The quantitative estimate of drug-likeness (QED) is 0.363. The first kappa shape index (κ1) is 23.1. The molecule has 0 aromatic heterocycles. The molecular formula is C30H48O2. The van der Waals surface area contributed by atoms with Crippen molar-refractivity contribution in [3.8, 4) is 0 Å². The number of hydrogen-bond donors (Lipinski definition) is 0. The molecule has 32 heavy (non-hydrogen) atoms. The summed E-state index contributed by atoms with van der Waals surface area (Å²) in [5.41, 5.74) is 1.12. The molecule has 0 aliphatic heterocycles. The zero-order valence-corrected chi connectivity index (χ0v) is 22.2. The van der Waals surface area contributed by atoms with E-state index in [4.69, 9.17) is 0 Å². The molecule has 5 rings (SSSR count). The molecule has 8 atom stereocenters. The first-order chi connectivity index (χ1) is 14.6. The molecule has 0 N–H and O–H groups in total. The molecule has 1 unspecified atom stereocenters. The number of rotatable bonds is 0. The van der Waals surface area contributed by atoms with E-state index in [0.29, 0.717) is 34.5 Å². The monoisotopic (exact) mass is 440 g/mol. The highest BCUT2D eigenvalue weighted by molar-refractivity contribution is 6.39. The van der Waals surface area contributed by atoms with Gasteiger partial charge in [0.15, 0.2) is 5.78 Å². The summed E-state index contributed by atoms with van der Waals surface area (Å²) in [7, 11) is 0. The van der Waals surface area contributed by atoms with Crippen LogP contribution in [0.15, 0.2) is 0 Å². The Morgan fingerprint density at radius 2 is 1.31 bits per heavy atom. The van der Waals surface area contributed by atoms with E-state index in [1.54, 1.807) is 0 Å². The molecule has 0 amide bonds. The maximum absolute atomic E-state index is 13.0. The van der Waals surface area contributed by atoms with Crippen LogP contribution in [-0.2, 0) is 9.59 Å². The summed E-state index contributed by atoms with van der Waals surface area (Å²) < 4.78 is 0. The van der Waals surface area contributed by atoms with Gasteiger partial charge in [-0.1, -0.05) is 55.4 Å². The predicted molar refractivity (Wildman–Crippen MR) is 130 cm³/mol. The van der Waals surface area contributed by atoms with Crippen LogP contribution in [0.4, 0.5) is 0 Å². The molecule has 5 saturated carbocycles. The van der Waals surface area contributed by atoms with E-state index in [0.717, 1.165) is 18.3 Å². The van der Waals surface area contributed by atoms with Gasteiger partial charge in [-0.05, 0) is 109 Å². The van der Waals surface area contributed by atoms with E-state index in [1.165, 1.54) is 51.4 Å². The number of carbonyl (C=O) groups is 2. The van der Waals surface area contributed by atoms with Crippen LogP contribution in [0.2, 0.25) is 0 Å². The van der Waals surface area contributed by atoms with E-state index in [1.807, 2.05) is 0 Å². The van der Waals surface area contributed by atoms with E-state index >= 15 is 0 Å². The second kappa shape index (κ2) is 6.51. The van der Waals surface area contributed by atoms with Gasteiger partial charge in [-0.15, -0.1) is 0 Å². The summed E-state index contributed by atoms with van der Waals surface area (Å²) in [5, 5.41) is 0. The van der Waals surface area contributed by atoms with Gasteiger partial charge in [-0.2, -0.15) is 0 Å². The number of carbonyl (C=O) groups excluding carboxylic acids is 2. The summed E-state index contributed by atoms with van der Waals surface area (Å²) in [6.07, 6.45) is 12.4. The molecule has 5 aliphatic carbocycles. The Morgan fingerprint density at radius 3 is 2.00 bits per heavy atom. The summed E-state index contributed by atoms with van der Waals surface area (Å²) in [4.78, 5) is 25.8. The Hall–Kier alpha value is -0.660. The topological polar surface area (TPSA) is 34.1 Å². The van der Waals surface area contributed by atoms with Crippen LogP contribution >= 0.6 is 0 Å². The highest BCUT2D eigenvalue weighted by atomic mass is 16.2. The fourth-order valence-electron chi connectivity index (χ4n) is 11.1. The second-order valence-electron chi connectivity index (χ2n) is 15.4. The third-order valence-corrected chi connectivity index (χ3v) is 13.2. The molecule has 2 heteroatoms. The van der Waals surface area contributed by atoms with Crippen molar-refractivity contribution in [1.29, 1.82) is 0 Å². The van der Waals surface area contributed by atoms with Gasteiger partial charge < -0.3 is 0 Å². The highest BCUT2D eigenvalue weighted by Gasteiger charge is 2.70. The number of ketones is 2. The van der Waals surface area contributed by atoms with Crippen molar-refractivity contribution in [2.75, 3.05) is 0 Å². The first-order valence-corrected chi connectivity index (χ1v) is 13.7. The summed E-state index contributed by atoms with van der Waals surface area (Å²) in [5.74, 6) is 2.39. The van der Waals surface area contributed by atoms with Crippen molar-refractivity contribution in [3.05, 3.63) is 0 Å². The van der Waals surface area contributed by atoms with Gasteiger partial charge in [0.2, 0.25) is 5.78 Å². The Morgan fingerprint density at radius 1 is 0.656 bits per heavy atom. The molecule has 2 nitrogen and oxygen atoms in total. The van der Waals surface area contributed by atoms with Crippen molar-refractivity contribution < 1.29 is 9.59 Å². The smallest absolute Gasteiger partial charge is 0.204 e. The Balaban J connectivity index is 1.55. The lowest BCUT2D eigenvalue weighted by atomic mass is 9.31. The molecule has 5 aliphatic rings. The molecule has 0 saturated heterocycles. The molecule has 5 fully saturated rings. The van der Waals surface area contributed by atoms with Gasteiger partial charge in [-0.3, -0.25) is 9.59 Å². The molecule has 0 spiro atoms. The van der Waals surface area contributed by atoms with E-state index in [2.05, 4.69) is 55.4 Å². The minimum absolute atomic E-state index is 0.0257. The van der Waals surface area contributed by atoms with Gasteiger partial charge in [0.05, 0.1) is 0 Å². The van der Waals surface area contributed by atoms with Crippen molar-refractivity contribution in [2.24, 2.45) is 56.2 Å². The van der Waals surface area contributed by atoms with E-state index in [-0.39, 0.29) is 22.4 Å². The van der Waals surface area contributed by atoms with Crippen LogP contribution in [0.3, 0.4) is 0 Å². The fraction of sp³-hybridized carbons (Fsp3) is 0.933. The van der Waals surface area contributed by atoms with Gasteiger partial charge >= 0.3 is 0 Å². The Labute approximate surface area is 197 Å². The molecule has 0 radical (unpaired) electrons. The van der Waals surface area contributed by atoms with Crippen molar-refractivity contribution in [2.45, 2.75) is 120 Å². The maximum atomic E-state index is 13.0. The normalized spacial score (nSPS) is 54.1. The third kappa shape index (κ3) is 2.70. The van der Waals surface area contributed by atoms with Crippen LogP contribution < -0.4 is 0 Å². The standard InChI is InChI=1S/C30H48O2/c1-25(2)13-14-27(5)15-16-29(7)19(20(27)17-25)9-10-23-28(6)18-21(31)24(32)26(3,4)22(28)11-12-30(23,29)8/h19-20,22-23H,9-18H2,1-8H3/t19-,20-,22?,23-,27-,28+,29-,30-/m1/s1. The van der Waals surface area contributed by atoms with E-state index in [9.17, 15) is 9.59 Å². The lowest BCUT2D eigenvalue weighted by molar-refractivity contribution is -0.239. The third-order valence-electron chi connectivity index (χ3n) is 13.2. The minimum atomic E-state index is -0.498. The van der Waals surface area contributed by atoms with E-state index < -0.39 is 5.41 Å². The van der Waals surface area contributed by atoms with Crippen molar-refractivity contribution in [1.82, 2.24) is 0 Å². The highest BCUT2D eigenvalue weighted by Crippen LogP contribution is 2.76. The molecule has 0 heterocycles. The number of Topliss-reactive ketones (excluding diaryl/α,β-unsaturated/α-hetero) is 2. The average Bonchev–Trinajstić information content (AvgIpc) is 2.68. The van der Waals surface area contributed by atoms with Gasteiger partial charge in [-0.25, -0.2) is 0 Å². The van der Waals surface area contributed by atoms with Crippen LogP contribution in [-0.4, -0.2) is 11.6 Å². The lowest BCUT2D eigenvalue weighted by Crippen LogP contribution is -2.67. The van der Waals surface area contributed by atoms with Crippen molar-refractivity contribution in [3.63, 3.8) is 0 Å². The van der Waals surface area contributed by atoms with Gasteiger partial charge in [0.25, 0.3) is 0 Å². The van der Waals surface area contributed by atoms with Crippen LogP contribution in [0.1, 0.15) is 120 Å². The number of fused-ring (bicyclic) bond motifs is 7. The second-order valence-corrected chi connectivity index (χ2v) is 15.4. The average molecular weight is 441 g/mol. The number of hydrogen-bond acceptors (Lipinski definition) is 2. The summed E-state index contributed by atoms with van der Waals surface area (Å²) >= 11 is 0. The zero-order valence-electron chi connectivity index (χ0n) is 22.2. The molecule has 180 valence electrons. The van der Waals surface area contributed by atoms with Gasteiger partial charge in [0.1, 0.15) is 0 Å². The SMILES string of the molecule is CC1(C)CC[C@]2(C)CC[C@]3(C)[C@H](CC[C@@H]4[C@@]5(C)CC(=O)C(=O)C(C)(C)C5CC[C@]43C)[C@H]2C1. The first-order valence-electron chi connectivity index (χ1n) is 13.7. The van der Waals surface area contributed by atoms with Crippen LogP contribution in [0.25, 0.3) is 0 Å². The Bertz CT molecular complexity index is 853. The minimum Gasteiger partial charge on any atom is -0.291 e. The van der Waals surface area contributed by atoms with Gasteiger partial charge in [0, 0.05) is 11.8 Å². The van der Waals surface area contributed by atoms with Crippen molar-refractivity contribution >= 4 is 11.6 Å². The Kier molecular flexibility index (Phi) is 4.70. The summed E-state index contributed by atoms with van der Waals surface area (Å²) in [6, 6.07) is 0. The molecular weight excluding hydrogens is 392 g/mol. The summed E-state index contributed by atoms with van der Waals surface area (Å²) in [6.45, 7) is 19.5. The van der Waals surface area contributed by atoms with Crippen LogP contribution in [0.5, 0.6) is 0 Å². The predicted octanol–water partition coefficient (Wildman–Crippen LogP) is 7.64. The molecule has 0 aromatic carbocycles. The largest absolute Gasteiger partial charge is 0.291 e.